The summed E-state index contributed by atoms with van der Waals surface area (Å²) < 4.78 is 0. The van der Waals surface area contributed by atoms with Crippen LogP contribution in [0.5, 0.6) is 0 Å². The number of rotatable bonds is 36. The maximum absolute atomic E-state index is 13.2. The summed E-state index contributed by atoms with van der Waals surface area (Å²) in [7, 11) is 0. The van der Waals surface area contributed by atoms with Crippen molar-refractivity contribution < 1.29 is 19.2 Å². The summed E-state index contributed by atoms with van der Waals surface area (Å²) in [6.07, 6.45) is 12.2. The van der Waals surface area contributed by atoms with Gasteiger partial charge >= 0.3 is 0 Å². The van der Waals surface area contributed by atoms with Crippen molar-refractivity contribution in [3.63, 3.8) is 0 Å². The van der Waals surface area contributed by atoms with E-state index in [1.807, 2.05) is 27.7 Å². The van der Waals surface area contributed by atoms with E-state index < -0.39 is 0 Å². The number of ketones is 4. The van der Waals surface area contributed by atoms with E-state index >= 15 is 0 Å². The summed E-state index contributed by atoms with van der Waals surface area (Å²) >= 11 is 0. The smallest absolute Gasteiger partial charge is 0.150 e. The van der Waals surface area contributed by atoms with E-state index in [-0.39, 0.29) is 82.0 Å². The van der Waals surface area contributed by atoms with Gasteiger partial charge in [0.2, 0.25) is 0 Å². The standard InChI is InChI=1S/2C26H53N3O2/c2*1-19(2)25(31)22(14-10-13-17-28-26(7,8)9)18-24(30)23(29-21(5)6)15-11-12-16-27-20(3)4/h2*19-23,27-29H,10-18H2,1-9H3/t22-,23+;22-,23-/m10/s1. The van der Waals surface area contributed by atoms with E-state index in [9.17, 15) is 19.2 Å². The summed E-state index contributed by atoms with van der Waals surface area (Å²) in [5.41, 5.74) is 0.229. The monoisotopic (exact) mass is 879 g/mol. The summed E-state index contributed by atoms with van der Waals surface area (Å²) in [6, 6.07) is 1.20. The van der Waals surface area contributed by atoms with E-state index in [1.54, 1.807) is 0 Å². The van der Waals surface area contributed by atoms with Gasteiger partial charge in [0.15, 0.2) is 0 Å². The first kappa shape index (κ1) is 62.5. The molecule has 10 nitrogen and oxygen atoms in total. The van der Waals surface area contributed by atoms with Crippen molar-refractivity contribution in [2.45, 2.75) is 262 Å². The van der Waals surface area contributed by atoms with Crippen LogP contribution < -0.4 is 31.9 Å². The summed E-state index contributed by atoms with van der Waals surface area (Å²) in [5.74, 6) is 0.536. The number of Topliss-reactive ketones (excluding diaryl/α,β-unsaturated/α-hetero) is 4. The van der Waals surface area contributed by atoms with Gasteiger partial charge in [-0.25, -0.2) is 0 Å². The number of carbonyl (C=O) groups excluding carboxylic acids is 4. The molecule has 0 rings (SSSR count). The Kier molecular flexibility index (Phi) is 35.0. The van der Waals surface area contributed by atoms with Crippen molar-refractivity contribution in [1.82, 2.24) is 31.9 Å². The maximum Gasteiger partial charge on any atom is 0.150 e. The van der Waals surface area contributed by atoms with Crippen molar-refractivity contribution in [2.24, 2.45) is 23.7 Å². The molecule has 0 aromatic carbocycles. The minimum Gasteiger partial charge on any atom is -0.315 e. The predicted molar refractivity (Wildman–Crippen MR) is 267 cm³/mol. The third-order valence-corrected chi connectivity index (χ3v) is 10.9. The average Bonchev–Trinajstić information content (AvgIpc) is 3.13. The number of unbranched alkanes of at least 4 members (excludes halogenated alkanes) is 4. The molecule has 0 bridgehead atoms. The average molecular weight is 879 g/mol. The van der Waals surface area contributed by atoms with E-state index in [0.717, 1.165) is 103 Å². The third-order valence-electron chi connectivity index (χ3n) is 10.9. The van der Waals surface area contributed by atoms with Crippen molar-refractivity contribution in [2.75, 3.05) is 26.2 Å². The van der Waals surface area contributed by atoms with Crippen LogP contribution in [0.2, 0.25) is 0 Å². The second-order valence-electron chi connectivity index (χ2n) is 22.2. The molecule has 0 fully saturated rings. The fourth-order valence-electron chi connectivity index (χ4n) is 7.57. The number of hydrogen-bond acceptors (Lipinski definition) is 10. The van der Waals surface area contributed by atoms with Crippen LogP contribution in [-0.2, 0) is 19.2 Å². The molecule has 0 spiro atoms. The molecule has 0 saturated heterocycles. The lowest BCUT2D eigenvalue weighted by atomic mass is 9.85. The number of hydrogen-bond donors (Lipinski definition) is 6. The van der Waals surface area contributed by atoms with Gasteiger partial charge in [0.05, 0.1) is 12.1 Å². The molecule has 6 N–H and O–H groups in total. The second kappa shape index (κ2) is 34.7. The Bertz CT molecular complexity index is 1080. The zero-order valence-electron chi connectivity index (χ0n) is 44.1. The Labute approximate surface area is 384 Å². The van der Waals surface area contributed by atoms with Crippen molar-refractivity contribution in [1.29, 1.82) is 0 Å². The van der Waals surface area contributed by atoms with Crippen LogP contribution in [-0.4, -0.2) is 96.6 Å². The zero-order chi connectivity index (χ0) is 48.1. The summed E-state index contributed by atoms with van der Waals surface area (Å²) in [6.45, 7) is 41.6. The Morgan fingerprint density at radius 2 is 0.677 bits per heavy atom. The number of nitrogens with one attached hydrogen (secondary N) is 6. The first-order valence-corrected chi connectivity index (χ1v) is 25.3. The molecular weight excluding hydrogens is 773 g/mol. The highest BCUT2D eigenvalue weighted by molar-refractivity contribution is 5.92. The molecule has 0 heterocycles. The van der Waals surface area contributed by atoms with Gasteiger partial charge in [0, 0.05) is 71.8 Å². The molecule has 4 atom stereocenters. The fourth-order valence-corrected chi connectivity index (χ4v) is 7.57. The topological polar surface area (TPSA) is 140 Å². The van der Waals surface area contributed by atoms with E-state index in [0.29, 0.717) is 24.9 Å². The Morgan fingerprint density at radius 1 is 0.387 bits per heavy atom. The molecule has 0 unspecified atom stereocenters. The van der Waals surface area contributed by atoms with Crippen LogP contribution in [0.15, 0.2) is 0 Å². The number of carbonyl (C=O) groups is 4. The van der Waals surface area contributed by atoms with Gasteiger partial charge in [0.1, 0.15) is 23.1 Å². The van der Waals surface area contributed by atoms with Gasteiger partial charge in [-0.15, -0.1) is 0 Å². The van der Waals surface area contributed by atoms with Crippen LogP contribution in [0.3, 0.4) is 0 Å². The molecule has 0 radical (unpaired) electrons. The minimum absolute atomic E-state index is 0.0240. The van der Waals surface area contributed by atoms with E-state index in [4.69, 9.17) is 0 Å². The van der Waals surface area contributed by atoms with Crippen LogP contribution in [0, 0.1) is 23.7 Å². The molecule has 0 aromatic rings. The maximum atomic E-state index is 13.2. The predicted octanol–water partition coefficient (Wildman–Crippen LogP) is 9.76. The first-order chi connectivity index (χ1) is 28.7. The molecule has 0 aliphatic heterocycles. The van der Waals surface area contributed by atoms with Crippen molar-refractivity contribution in [3.8, 4) is 0 Å². The molecule has 0 amide bonds. The van der Waals surface area contributed by atoms with Gasteiger partial charge in [-0.05, 0) is 119 Å². The highest BCUT2D eigenvalue weighted by Crippen LogP contribution is 2.23. The molecule has 10 heteroatoms. The lowest BCUT2D eigenvalue weighted by Crippen LogP contribution is -2.42. The van der Waals surface area contributed by atoms with Crippen LogP contribution >= 0.6 is 0 Å². The Morgan fingerprint density at radius 3 is 0.935 bits per heavy atom. The largest absolute Gasteiger partial charge is 0.315 e. The highest BCUT2D eigenvalue weighted by atomic mass is 16.1. The molecular formula is C52H106N6O4. The molecule has 0 aromatic heterocycles. The lowest BCUT2D eigenvalue weighted by Gasteiger charge is -2.24. The highest BCUT2D eigenvalue weighted by Gasteiger charge is 2.29. The molecule has 0 aliphatic carbocycles. The van der Waals surface area contributed by atoms with Gasteiger partial charge in [-0.3, -0.25) is 19.2 Å². The normalized spacial score (nSPS) is 14.5. The fraction of sp³-hybridized carbons (Fsp3) is 0.923. The van der Waals surface area contributed by atoms with Crippen LogP contribution in [0.1, 0.15) is 215 Å². The summed E-state index contributed by atoms with van der Waals surface area (Å²) in [5, 5.41) is 20.8. The van der Waals surface area contributed by atoms with Crippen LogP contribution in [0.4, 0.5) is 0 Å². The van der Waals surface area contributed by atoms with Gasteiger partial charge in [-0.2, -0.15) is 0 Å². The van der Waals surface area contributed by atoms with Gasteiger partial charge in [-0.1, -0.05) is 109 Å². The lowest BCUT2D eigenvalue weighted by molar-refractivity contribution is -0.131. The Hall–Kier alpha value is -1.56. The van der Waals surface area contributed by atoms with Crippen LogP contribution in [0.25, 0.3) is 0 Å². The Balaban J connectivity index is 0. The summed E-state index contributed by atoms with van der Waals surface area (Å²) in [4.78, 5) is 52.0. The minimum atomic E-state index is -0.152. The van der Waals surface area contributed by atoms with Crippen molar-refractivity contribution in [3.05, 3.63) is 0 Å². The first-order valence-electron chi connectivity index (χ1n) is 25.3. The second-order valence-corrected chi connectivity index (χ2v) is 22.2. The molecule has 0 aliphatic rings. The third kappa shape index (κ3) is 36.7. The van der Waals surface area contributed by atoms with E-state index in [2.05, 4.69) is 129 Å². The van der Waals surface area contributed by atoms with E-state index in [1.165, 1.54) is 0 Å². The zero-order valence-corrected chi connectivity index (χ0v) is 44.1. The van der Waals surface area contributed by atoms with Gasteiger partial charge < -0.3 is 31.9 Å². The molecule has 62 heavy (non-hydrogen) atoms. The molecule has 0 saturated carbocycles. The van der Waals surface area contributed by atoms with Gasteiger partial charge in [0.25, 0.3) is 0 Å². The van der Waals surface area contributed by atoms with Crippen molar-refractivity contribution >= 4 is 23.1 Å². The SMILES string of the molecule is CC(C)NCCCC[C@H](NC(C)C)C(=O)C[C@@H](CCCCNC(C)(C)C)C(=O)C(C)C.CC(C)NCCCC[C@H](NC(C)C)C(=O)C[C@H](CCCCNC(C)(C)C)C(=O)C(C)C. The molecule has 368 valence electrons. The quantitative estimate of drug-likeness (QED) is 0.0337.